The molecule has 0 aliphatic heterocycles. The summed E-state index contributed by atoms with van der Waals surface area (Å²) in [6.45, 7) is 2.17. The van der Waals surface area contributed by atoms with Crippen LogP contribution < -0.4 is 0 Å². The molecule has 0 unspecified atom stereocenters. The van der Waals surface area contributed by atoms with Gasteiger partial charge >= 0.3 is 0 Å². The molecule has 1 nitrogen and oxygen atoms in total. The molecule has 0 N–H and O–H groups in total. The number of carbonyl (C=O) groups is 1. The molecule has 0 saturated carbocycles. The first-order chi connectivity index (χ1) is 14.2. The summed E-state index contributed by atoms with van der Waals surface area (Å²) in [7, 11) is 0. The SMILES string of the molecule is Cc1c([CH]Cc2cccc(C(=O)c3ccccc3)c2)cccc1-c1ccccc1. The van der Waals surface area contributed by atoms with E-state index in [0.717, 1.165) is 23.1 Å². The zero-order valence-corrected chi connectivity index (χ0v) is 16.5. The summed E-state index contributed by atoms with van der Waals surface area (Å²) in [5.74, 6) is 0.0645. The van der Waals surface area contributed by atoms with Crippen molar-refractivity contribution in [3.63, 3.8) is 0 Å². The van der Waals surface area contributed by atoms with Gasteiger partial charge in [0.15, 0.2) is 5.78 Å². The Morgan fingerprint density at radius 1 is 0.724 bits per heavy atom. The Kier molecular flexibility index (Phi) is 5.67. The van der Waals surface area contributed by atoms with Crippen molar-refractivity contribution in [2.45, 2.75) is 13.3 Å². The summed E-state index contributed by atoms with van der Waals surface area (Å²) >= 11 is 0. The van der Waals surface area contributed by atoms with Gasteiger partial charge in [0.05, 0.1) is 0 Å². The number of hydrogen-bond acceptors (Lipinski definition) is 1. The Labute approximate surface area is 172 Å². The molecular formula is C28H23O. The number of benzene rings is 4. The van der Waals surface area contributed by atoms with Gasteiger partial charge in [0.25, 0.3) is 0 Å². The molecule has 141 valence electrons. The first-order valence-electron chi connectivity index (χ1n) is 9.89. The molecule has 0 fully saturated rings. The van der Waals surface area contributed by atoms with Gasteiger partial charge in [0.1, 0.15) is 0 Å². The number of rotatable bonds is 6. The van der Waals surface area contributed by atoms with Crippen molar-refractivity contribution in [1.29, 1.82) is 0 Å². The smallest absolute Gasteiger partial charge is 0.193 e. The van der Waals surface area contributed by atoms with Crippen LogP contribution in [-0.4, -0.2) is 5.78 Å². The van der Waals surface area contributed by atoms with E-state index in [1.165, 1.54) is 22.3 Å². The molecule has 0 bridgehead atoms. The van der Waals surface area contributed by atoms with Crippen LogP contribution in [0.15, 0.2) is 103 Å². The first kappa shape index (κ1) is 18.9. The van der Waals surface area contributed by atoms with Crippen LogP contribution >= 0.6 is 0 Å². The Hall–Kier alpha value is -3.45. The Morgan fingerprint density at radius 2 is 1.38 bits per heavy atom. The third-order valence-electron chi connectivity index (χ3n) is 5.24. The minimum Gasteiger partial charge on any atom is -0.289 e. The largest absolute Gasteiger partial charge is 0.289 e. The van der Waals surface area contributed by atoms with Crippen molar-refractivity contribution in [2.24, 2.45) is 0 Å². The van der Waals surface area contributed by atoms with Crippen LogP contribution in [0.4, 0.5) is 0 Å². The van der Waals surface area contributed by atoms with Crippen LogP contribution in [0.5, 0.6) is 0 Å². The van der Waals surface area contributed by atoms with Crippen molar-refractivity contribution in [1.82, 2.24) is 0 Å². The molecule has 0 aromatic heterocycles. The molecule has 1 radical (unpaired) electrons. The second kappa shape index (κ2) is 8.70. The number of hydrogen-bond donors (Lipinski definition) is 0. The normalized spacial score (nSPS) is 10.7. The van der Waals surface area contributed by atoms with Gasteiger partial charge in [-0.15, -0.1) is 0 Å². The molecule has 0 saturated heterocycles. The summed E-state index contributed by atoms with van der Waals surface area (Å²) in [6.07, 6.45) is 3.03. The third-order valence-corrected chi connectivity index (χ3v) is 5.24. The molecule has 0 heterocycles. The molecular weight excluding hydrogens is 352 g/mol. The highest BCUT2D eigenvalue weighted by atomic mass is 16.1. The summed E-state index contributed by atoms with van der Waals surface area (Å²) in [4.78, 5) is 12.7. The minimum atomic E-state index is 0.0645. The van der Waals surface area contributed by atoms with Crippen molar-refractivity contribution < 1.29 is 4.79 Å². The van der Waals surface area contributed by atoms with E-state index < -0.39 is 0 Å². The summed E-state index contributed by atoms with van der Waals surface area (Å²) in [5.41, 5.74) is 7.58. The standard InChI is InChI=1S/C28H23O/c1-21-23(15-9-17-27(21)24-11-4-2-5-12-24)19-18-22-10-8-16-26(20-22)28(29)25-13-6-3-7-14-25/h2-17,19-20H,18H2,1H3. The maximum atomic E-state index is 12.7. The Bertz CT molecular complexity index is 1110. The summed E-state index contributed by atoms with van der Waals surface area (Å²) in [5, 5.41) is 0. The van der Waals surface area contributed by atoms with Gasteiger partial charge in [0, 0.05) is 11.1 Å². The highest BCUT2D eigenvalue weighted by molar-refractivity contribution is 6.09. The lowest BCUT2D eigenvalue weighted by Crippen LogP contribution is -2.02. The Balaban J connectivity index is 1.52. The molecule has 0 aliphatic rings. The second-order valence-electron chi connectivity index (χ2n) is 7.19. The fourth-order valence-electron chi connectivity index (χ4n) is 3.63. The van der Waals surface area contributed by atoms with E-state index in [1.807, 2.05) is 54.6 Å². The average molecular weight is 375 g/mol. The fraction of sp³-hybridized carbons (Fsp3) is 0.0714. The molecule has 4 aromatic carbocycles. The second-order valence-corrected chi connectivity index (χ2v) is 7.19. The number of carbonyl (C=O) groups excluding carboxylic acids is 1. The highest BCUT2D eigenvalue weighted by Gasteiger charge is 2.10. The number of ketones is 1. The molecule has 1 heteroatoms. The Morgan fingerprint density at radius 3 is 2.14 bits per heavy atom. The zero-order valence-electron chi connectivity index (χ0n) is 16.5. The lowest BCUT2D eigenvalue weighted by atomic mass is 9.93. The monoisotopic (exact) mass is 375 g/mol. The van der Waals surface area contributed by atoms with Crippen molar-refractivity contribution in [2.75, 3.05) is 0 Å². The molecule has 0 atom stereocenters. The third kappa shape index (κ3) is 4.35. The lowest BCUT2D eigenvalue weighted by Gasteiger charge is -2.12. The molecule has 4 rings (SSSR count). The van der Waals surface area contributed by atoms with E-state index in [1.54, 1.807) is 0 Å². The van der Waals surface area contributed by atoms with Crippen LogP contribution in [0.25, 0.3) is 11.1 Å². The van der Waals surface area contributed by atoms with E-state index in [0.29, 0.717) is 0 Å². The van der Waals surface area contributed by atoms with Crippen molar-refractivity contribution >= 4 is 5.78 Å². The van der Waals surface area contributed by atoms with Gasteiger partial charge in [-0.05, 0) is 53.6 Å². The maximum absolute atomic E-state index is 12.7. The van der Waals surface area contributed by atoms with E-state index >= 15 is 0 Å². The summed E-state index contributed by atoms with van der Waals surface area (Å²) < 4.78 is 0. The van der Waals surface area contributed by atoms with Gasteiger partial charge in [0.2, 0.25) is 0 Å². The minimum absolute atomic E-state index is 0.0645. The van der Waals surface area contributed by atoms with Gasteiger partial charge in [-0.25, -0.2) is 0 Å². The van der Waals surface area contributed by atoms with E-state index in [9.17, 15) is 4.79 Å². The highest BCUT2D eigenvalue weighted by Crippen LogP contribution is 2.27. The van der Waals surface area contributed by atoms with Gasteiger partial charge in [-0.1, -0.05) is 97.1 Å². The topological polar surface area (TPSA) is 17.1 Å². The van der Waals surface area contributed by atoms with E-state index in [4.69, 9.17) is 0 Å². The van der Waals surface area contributed by atoms with Crippen LogP contribution in [0, 0.1) is 13.3 Å². The molecule has 0 aliphatic carbocycles. The fourth-order valence-corrected chi connectivity index (χ4v) is 3.63. The molecule has 4 aromatic rings. The molecule has 0 spiro atoms. The zero-order chi connectivity index (χ0) is 20.1. The summed E-state index contributed by atoms with van der Waals surface area (Å²) in [6, 6.07) is 34.3. The van der Waals surface area contributed by atoms with Gasteiger partial charge in [-0.2, -0.15) is 0 Å². The quantitative estimate of drug-likeness (QED) is 0.343. The van der Waals surface area contributed by atoms with Crippen LogP contribution in [0.1, 0.15) is 32.6 Å². The maximum Gasteiger partial charge on any atom is 0.193 e. The first-order valence-corrected chi connectivity index (χ1v) is 9.89. The van der Waals surface area contributed by atoms with Crippen LogP contribution in [-0.2, 0) is 6.42 Å². The van der Waals surface area contributed by atoms with E-state index in [2.05, 4.69) is 61.9 Å². The molecule has 29 heavy (non-hydrogen) atoms. The lowest BCUT2D eigenvalue weighted by molar-refractivity contribution is 0.103. The van der Waals surface area contributed by atoms with Gasteiger partial charge < -0.3 is 0 Å². The van der Waals surface area contributed by atoms with Crippen LogP contribution in [0.3, 0.4) is 0 Å². The van der Waals surface area contributed by atoms with Crippen molar-refractivity contribution in [3.8, 4) is 11.1 Å². The predicted octanol–water partition coefficient (Wildman–Crippen LogP) is 6.69. The van der Waals surface area contributed by atoms with Crippen LogP contribution in [0.2, 0.25) is 0 Å². The average Bonchev–Trinajstić information content (AvgIpc) is 2.79. The van der Waals surface area contributed by atoms with E-state index in [-0.39, 0.29) is 5.78 Å². The molecule has 0 amide bonds. The van der Waals surface area contributed by atoms with Gasteiger partial charge in [-0.3, -0.25) is 4.79 Å². The van der Waals surface area contributed by atoms with Crippen molar-refractivity contribution in [3.05, 3.63) is 137 Å². The predicted molar refractivity (Wildman–Crippen MR) is 120 cm³/mol.